The number of piperidine rings is 1. The van der Waals surface area contributed by atoms with E-state index < -0.39 is 0 Å². The van der Waals surface area contributed by atoms with Gasteiger partial charge in [-0.25, -0.2) is 0 Å². The predicted molar refractivity (Wildman–Crippen MR) is 56.8 cm³/mol. The predicted octanol–water partition coefficient (Wildman–Crippen LogP) is -1.14. The van der Waals surface area contributed by atoms with E-state index in [1.165, 1.54) is 0 Å². The maximum atomic E-state index is 11.4. The Hall–Kier alpha value is -1.79. The summed E-state index contributed by atoms with van der Waals surface area (Å²) in [5.41, 5.74) is 5.20. The Bertz CT molecular complexity index is 316. The summed E-state index contributed by atoms with van der Waals surface area (Å²) in [5, 5.41) is 13.7. The Morgan fingerprint density at radius 1 is 1.75 bits per heavy atom. The zero-order valence-electron chi connectivity index (χ0n) is 9.14. The fourth-order valence-corrected chi connectivity index (χ4v) is 1.61. The van der Waals surface area contributed by atoms with Gasteiger partial charge in [0, 0.05) is 26.1 Å². The third-order valence-electron chi connectivity index (χ3n) is 2.46. The smallest absolute Gasteiger partial charge is 0.227 e. The average molecular weight is 228 g/mol. The summed E-state index contributed by atoms with van der Waals surface area (Å²) in [6, 6.07) is -0.0540. The minimum Gasteiger partial charge on any atom is -0.409 e. The number of nitrogens with one attached hydrogen (secondary N) is 1. The number of amides is 2. The maximum absolute atomic E-state index is 11.4. The second-order valence-corrected chi connectivity index (χ2v) is 3.85. The highest BCUT2D eigenvalue weighted by atomic mass is 16.4. The van der Waals surface area contributed by atoms with Gasteiger partial charge in [0.1, 0.15) is 5.84 Å². The van der Waals surface area contributed by atoms with Crippen molar-refractivity contribution in [2.75, 3.05) is 13.6 Å². The van der Waals surface area contributed by atoms with Crippen molar-refractivity contribution in [2.45, 2.75) is 25.3 Å². The molecule has 0 spiro atoms. The lowest BCUT2D eigenvalue weighted by atomic mass is 10.1. The molecule has 0 saturated carbocycles. The molecule has 1 rings (SSSR count). The number of oxime groups is 1. The van der Waals surface area contributed by atoms with Crippen molar-refractivity contribution in [1.82, 2.24) is 10.2 Å². The van der Waals surface area contributed by atoms with Gasteiger partial charge in [0.05, 0.1) is 6.42 Å². The van der Waals surface area contributed by atoms with Crippen LogP contribution in [0.4, 0.5) is 0 Å². The van der Waals surface area contributed by atoms with Crippen LogP contribution in [0.2, 0.25) is 0 Å². The third kappa shape index (κ3) is 3.41. The van der Waals surface area contributed by atoms with E-state index in [0.717, 1.165) is 0 Å². The van der Waals surface area contributed by atoms with Crippen molar-refractivity contribution in [3.05, 3.63) is 0 Å². The minimum absolute atomic E-state index is 0.0540. The number of nitrogens with two attached hydrogens (primary N) is 1. The van der Waals surface area contributed by atoms with Crippen LogP contribution in [0.3, 0.4) is 0 Å². The van der Waals surface area contributed by atoms with Crippen molar-refractivity contribution in [2.24, 2.45) is 10.9 Å². The molecule has 16 heavy (non-hydrogen) atoms. The minimum atomic E-state index is -0.303. The zero-order valence-corrected chi connectivity index (χ0v) is 9.14. The van der Waals surface area contributed by atoms with E-state index in [4.69, 9.17) is 10.9 Å². The van der Waals surface area contributed by atoms with Gasteiger partial charge in [-0.3, -0.25) is 9.59 Å². The number of carbonyl (C=O) groups excluding carboxylic acids is 2. The highest BCUT2D eigenvalue weighted by molar-refractivity contribution is 5.98. The first kappa shape index (κ1) is 12.3. The largest absolute Gasteiger partial charge is 0.409 e. The molecule has 0 aromatic heterocycles. The van der Waals surface area contributed by atoms with Crippen LogP contribution in [0.25, 0.3) is 0 Å². The van der Waals surface area contributed by atoms with Gasteiger partial charge < -0.3 is 21.2 Å². The SMILES string of the molecule is CN1CC(NC(=O)CC(N)=NO)CCC1=O. The summed E-state index contributed by atoms with van der Waals surface area (Å²) in [6.45, 7) is 0.501. The summed E-state index contributed by atoms with van der Waals surface area (Å²) in [6.07, 6.45) is 0.931. The lowest BCUT2D eigenvalue weighted by Crippen LogP contribution is -2.49. The Morgan fingerprint density at radius 3 is 3.00 bits per heavy atom. The van der Waals surface area contributed by atoms with Gasteiger partial charge in [0.25, 0.3) is 0 Å². The molecule has 0 radical (unpaired) electrons. The monoisotopic (exact) mass is 228 g/mol. The molecular formula is C9H16N4O3. The molecule has 0 bridgehead atoms. The van der Waals surface area contributed by atoms with E-state index in [1.54, 1.807) is 11.9 Å². The van der Waals surface area contributed by atoms with Crippen molar-refractivity contribution in [3.63, 3.8) is 0 Å². The van der Waals surface area contributed by atoms with Crippen LogP contribution in [-0.2, 0) is 9.59 Å². The Balaban J connectivity index is 2.38. The number of hydrogen-bond donors (Lipinski definition) is 3. The van der Waals surface area contributed by atoms with Gasteiger partial charge in [-0.2, -0.15) is 0 Å². The number of amidine groups is 1. The first-order valence-electron chi connectivity index (χ1n) is 5.02. The lowest BCUT2D eigenvalue weighted by molar-refractivity contribution is -0.133. The molecule has 7 heteroatoms. The molecule has 1 atom stereocenters. The van der Waals surface area contributed by atoms with Gasteiger partial charge in [0.2, 0.25) is 11.8 Å². The zero-order chi connectivity index (χ0) is 12.1. The second-order valence-electron chi connectivity index (χ2n) is 3.85. The van der Waals surface area contributed by atoms with Crippen molar-refractivity contribution in [3.8, 4) is 0 Å². The highest BCUT2D eigenvalue weighted by Crippen LogP contribution is 2.09. The van der Waals surface area contributed by atoms with Crippen LogP contribution in [0, 0.1) is 0 Å². The third-order valence-corrected chi connectivity index (χ3v) is 2.46. The molecule has 4 N–H and O–H groups in total. The maximum Gasteiger partial charge on any atom is 0.227 e. The van der Waals surface area contributed by atoms with Crippen LogP contribution < -0.4 is 11.1 Å². The number of likely N-dealkylation sites (tertiary alicyclic amines) is 1. The molecule has 0 aromatic rings. The summed E-state index contributed by atoms with van der Waals surface area (Å²) in [5.74, 6) is -0.345. The molecule has 1 unspecified atom stereocenters. The molecule has 7 nitrogen and oxygen atoms in total. The topological polar surface area (TPSA) is 108 Å². The summed E-state index contributed by atoms with van der Waals surface area (Å²) in [4.78, 5) is 24.2. The van der Waals surface area contributed by atoms with Gasteiger partial charge in [-0.15, -0.1) is 0 Å². The normalized spacial score (nSPS) is 22.1. The van der Waals surface area contributed by atoms with Crippen LogP contribution >= 0.6 is 0 Å². The lowest BCUT2D eigenvalue weighted by Gasteiger charge is -2.30. The van der Waals surface area contributed by atoms with E-state index in [2.05, 4.69) is 10.5 Å². The fraction of sp³-hybridized carbons (Fsp3) is 0.667. The quantitative estimate of drug-likeness (QED) is 0.245. The average Bonchev–Trinajstić information content (AvgIpc) is 2.23. The first-order chi connectivity index (χ1) is 7.52. The van der Waals surface area contributed by atoms with Gasteiger partial charge in [0.15, 0.2) is 0 Å². The highest BCUT2D eigenvalue weighted by Gasteiger charge is 2.23. The van der Waals surface area contributed by atoms with E-state index in [9.17, 15) is 9.59 Å². The van der Waals surface area contributed by atoms with Crippen molar-refractivity contribution < 1.29 is 14.8 Å². The van der Waals surface area contributed by atoms with Crippen LogP contribution in [0.5, 0.6) is 0 Å². The van der Waals surface area contributed by atoms with E-state index in [-0.39, 0.29) is 30.1 Å². The Morgan fingerprint density at radius 2 is 2.44 bits per heavy atom. The number of nitrogens with zero attached hydrogens (tertiary/aromatic N) is 2. The van der Waals surface area contributed by atoms with E-state index in [0.29, 0.717) is 19.4 Å². The van der Waals surface area contributed by atoms with E-state index >= 15 is 0 Å². The molecule has 2 amide bonds. The Kier molecular flexibility index (Phi) is 4.10. The van der Waals surface area contributed by atoms with Gasteiger partial charge in [-0.1, -0.05) is 5.16 Å². The molecule has 1 heterocycles. The summed E-state index contributed by atoms with van der Waals surface area (Å²) in [7, 11) is 1.70. The molecule has 1 saturated heterocycles. The van der Waals surface area contributed by atoms with Crippen molar-refractivity contribution >= 4 is 17.6 Å². The van der Waals surface area contributed by atoms with Gasteiger partial charge >= 0.3 is 0 Å². The number of carbonyl (C=O) groups is 2. The molecule has 1 aliphatic rings. The number of hydrogen-bond acceptors (Lipinski definition) is 4. The molecule has 90 valence electrons. The van der Waals surface area contributed by atoms with Crippen LogP contribution in [-0.4, -0.2) is 47.4 Å². The van der Waals surface area contributed by atoms with Crippen molar-refractivity contribution in [1.29, 1.82) is 0 Å². The van der Waals surface area contributed by atoms with Gasteiger partial charge in [-0.05, 0) is 6.42 Å². The van der Waals surface area contributed by atoms with Crippen LogP contribution in [0.1, 0.15) is 19.3 Å². The summed E-state index contributed by atoms with van der Waals surface area (Å²) < 4.78 is 0. The standard InChI is InChI=1S/C9H16N4O3/c1-13-5-6(2-3-9(13)15)11-8(14)4-7(10)12-16/h6,16H,2-5H2,1H3,(H2,10,12)(H,11,14). The summed E-state index contributed by atoms with van der Waals surface area (Å²) >= 11 is 0. The Labute approximate surface area is 93.3 Å². The molecule has 0 aromatic carbocycles. The molecule has 0 aliphatic carbocycles. The molecule has 1 aliphatic heterocycles. The molecule has 1 fully saturated rings. The first-order valence-corrected chi connectivity index (χ1v) is 5.02. The number of rotatable bonds is 3. The fourth-order valence-electron chi connectivity index (χ4n) is 1.61. The second kappa shape index (κ2) is 5.34. The van der Waals surface area contributed by atoms with Crippen LogP contribution in [0.15, 0.2) is 5.16 Å². The number of likely N-dealkylation sites (N-methyl/N-ethyl adjacent to an activating group) is 1. The van der Waals surface area contributed by atoms with E-state index in [1.807, 2.05) is 0 Å². The molecular weight excluding hydrogens is 212 g/mol.